The van der Waals surface area contributed by atoms with Crippen LogP contribution >= 0.6 is 15.9 Å². The van der Waals surface area contributed by atoms with Crippen LogP contribution in [0.25, 0.3) is 0 Å². The zero-order chi connectivity index (χ0) is 15.4. The quantitative estimate of drug-likeness (QED) is 0.862. The van der Waals surface area contributed by atoms with Crippen molar-refractivity contribution in [3.8, 4) is 5.75 Å². The summed E-state index contributed by atoms with van der Waals surface area (Å²) in [4.78, 5) is 12.2. The summed E-state index contributed by atoms with van der Waals surface area (Å²) in [6, 6.07) is 12.9. The average Bonchev–Trinajstić information content (AvgIpc) is 2.43. The van der Waals surface area contributed by atoms with Gasteiger partial charge in [-0.15, -0.1) is 0 Å². The second kappa shape index (κ2) is 6.76. The predicted octanol–water partition coefficient (Wildman–Crippen LogP) is 4.80. The highest BCUT2D eigenvalue weighted by Crippen LogP contribution is 2.20. The van der Waals surface area contributed by atoms with Gasteiger partial charge in [0.2, 0.25) is 0 Å². The minimum absolute atomic E-state index is 0.131. The molecule has 0 aromatic heterocycles. The third-order valence-corrected chi connectivity index (χ3v) is 3.77. The molecule has 0 saturated heterocycles. The third-order valence-electron chi connectivity index (χ3n) is 2.92. The van der Waals surface area contributed by atoms with E-state index in [4.69, 9.17) is 4.74 Å². The van der Waals surface area contributed by atoms with Crippen LogP contribution in [0.15, 0.2) is 46.9 Å². The van der Waals surface area contributed by atoms with Gasteiger partial charge < -0.3 is 10.1 Å². The number of halogens is 1. The maximum absolute atomic E-state index is 12.2. The highest BCUT2D eigenvalue weighted by atomic mass is 79.9. The molecule has 0 aliphatic heterocycles. The minimum Gasteiger partial charge on any atom is -0.491 e. The highest BCUT2D eigenvalue weighted by Gasteiger charge is 2.08. The van der Waals surface area contributed by atoms with E-state index in [0.717, 1.165) is 21.5 Å². The van der Waals surface area contributed by atoms with Gasteiger partial charge in [0, 0.05) is 15.7 Å². The number of benzene rings is 2. The third kappa shape index (κ3) is 4.33. The molecule has 0 saturated carbocycles. The van der Waals surface area contributed by atoms with Gasteiger partial charge in [0.15, 0.2) is 0 Å². The fourth-order valence-corrected chi connectivity index (χ4v) is 2.21. The van der Waals surface area contributed by atoms with Crippen LogP contribution in [0.3, 0.4) is 0 Å². The highest BCUT2D eigenvalue weighted by molar-refractivity contribution is 9.10. The van der Waals surface area contributed by atoms with E-state index in [1.165, 1.54) is 0 Å². The number of hydrogen-bond acceptors (Lipinski definition) is 2. The average molecular weight is 348 g/mol. The van der Waals surface area contributed by atoms with Crippen LogP contribution in [0.4, 0.5) is 5.69 Å². The fourth-order valence-electron chi connectivity index (χ4n) is 1.83. The number of rotatable bonds is 4. The van der Waals surface area contributed by atoms with Gasteiger partial charge in [0.25, 0.3) is 5.91 Å². The Morgan fingerprint density at radius 2 is 1.81 bits per heavy atom. The summed E-state index contributed by atoms with van der Waals surface area (Å²) in [5.74, 6) is 0.661. The first-order valence-electron chi connectivity index (χ1n) is 6.80. The monoisotopic (exact) mass is 347 g/mol. The second-order valence-electron chi connectivity index (χ2n) is 5.11. The van der Waals surface area contributed by atoms with E-state index < -0.39 is 0 Å². The molecule has 0 aliphatic carbocycles. The topological polar surface area (TPSA) is 38.3 Å². The Morgan fingerprint density at radius 3 is 2.38 bits per heavy atom. The van der Waals surface area contributed by atoms with Crippen LogP contribution in [0.5, 0.6) is 5.75 Å². The molecular formula is C17H18BrNO2. The second-order valence-corrected chi connectivity index (χ2v) is 5.96. The van der Waals surface area contributed by atoms with E-state index in [-0.39, 0.29) is 12.0 Å². The summed E-state index contributed by atoms with van der Waals surface area (Å²) < 4.78 is 6.50. The Morgan fingerprint density at radius 1 is 1.14 bits per heavy atom. The van der Waals surface area contributed by atoms with Crippen molar-refractivity contribution in [3.05, 3.63) is 58.1 Å². The fraction of sp³-hybridized carbons (Fsp3) is 0.235. The molecule has 2 aromatic rings. The number of aryl methyl sites for hydroxylation is 1. The molecule has 21 heavy (non-hydrogen) atoms. The Balaban J connectivity index is 2.06. The van der Waals surface area contributed by atoms with Crippen molar-refractivity contribution >= 4 is 27.5 Å². The van der Waals surface area contributed by atoms with Gasteiger partial charge in [-0.2, -0.15) is 0 Å². The lowest BCUT2D eigenvalue weighted by Crippen LogP contribution is -2.12. The van der Waals surface area contributed by atoms with E-state index in [2.05, 4.69) is 21.2 Å². The van der Waals surface area contributed by atoms with Crippen molar-refractivity contribution in [1.82, 2.24) is 0 Å². The molecule has 0 radical (unpaired) electrons. The first kappa shape index (κ1) is 15.6. The summed E-state index contributed by atoms with van der Waals surface area (Å²) in [5, 5.41) is 2.87. The van der Waals surface area contributed by atoms with Crippen molar-refractivity contribution in [2.75, 3.05) is 5.32 Å². The van der Waals surface area contributed by atoms with Crippen LogP contribution in [0.1, 0.15) is 29.8 Å². The molecule has 110 valence electrons. The van der Waals surface area contributed by atoms with Crippen molar-refractivity contribution in [3.63, 3.8) is 0 Å². The van der Waals surface area contributed by atoms with Gasteiger partial charge in [0.05, 0.1) is 6.10 Å². The number of carbonyl (C=O) groups excluding carboxylic acids is 1. The Labute approximate surface area is 133 Å². The molecule has 0 bridgehead atoms. The van der Waals surface area contributed by atoms with Crippen molar-refractivity contribution < 1.29 is 9.53 Å². The number of nitrogens with one attached hydrogen (secondary N) is 1. The van der Waals surface area contributed by atoms with Crippen molar-refractivity contribution in [2.45, 2.75) is 26.9 Å². The zero-order valence-electron chi connectivity index (χ0n) is 12.3. The van der Waals surface area contributed by atoms with Crippen LogP contribution in [-0.4, -0.2) is 12.0 Å². The molecule has 4 heteroatoms. The van der Waals surface area contributed by atoms with Crippen molar-refractivity contribution in [2.24, 2.45) is 0 Å². The minimum atomic E-state index is -0.131. The first-order valence-corrected chi connectivity index (χ1v) is 7.59. The van der Waals surface area contributed by atoms with Gasteiger partial charge >= 0.3 is 0 Å². The summed E-state index contributed by atoms with van der Waals surface area (Å²) in [5.41, 5.74) is 2.46. The lowest BCUT2D eigenvalue weighted by Gasteiger charge is -2.11. The molecule has 0 fully saturated rings. The van der Waals surface area contributed by atoms with E-state index in [0.29, 0.717) is 5.56 Å². The van der Waals surface area contributed by atoms with Crippen LogP contribution in [0.2, 0.25) is 0 Å². The number of ether oxygens (including phenoxy) is 1. The molecule has 1 amide bonds. The molecule has 2 rings (SSSR count). The lowest BCUT2D eigenvalue weighted by molar-refractivity contribution is 0.102. The standard InChI is InChI=1S/C17H18BrNO2/c1-11(2)21-15-8-6-14(7-9-15)19-17(20)13-5-4-12(3)16(18)10-13/h4-11H,1-3H3,(H,19,20). The normalized spacial score (nSPS) is 10.5. The Bertz CT molecular complexity index is 636. The summed E-state index contributed by atoms with van der Waals surface area (Å²) in [6.45, 7) is 5.94. The zero-order valence-corrected chi connectivity index (χ0v) is 13.9. The molecule has 0 spiro atoms. The van der Waals surface area contributed by atoms with Gasteiger partial charge in [-0.3, -0.25) is 4.79 Å². The number of carbonyl (C=O) groups is 1. The van der Waals surface area contributed by atoms with Gasteiger partial charge in [-0.25, -0.2) is 0 Å². The molecule has 0 aliphatic rings. The van der Waals surface area contributed by atoms with Crippen LogP contribution in [-0.2, 0) is 0 Å². The summed E-state index contributed by atoms with van der Waals surface area (Å²) >= 11 is 3.44. The Kier molecular flexibility index (Phi) is 5.02. The number of hydrogen-bond donors (Lipinski definition) is 1. The van der Waals surface area contributed by atoms with Crippen molar-refractivity contribution in [1.29, 1.82) is 0 Å². The lowest BCUT2D eigenvalue weighted by atomic mass is 10.1. The van der Waals surface area contributed by atoms with E-state index in [1.807, 2.05) is 63.2 Å². The molecule has 0 heterocycles. The smallest absolute Gasteiger partial charge is 0.255 e. The van der Waals surface area contributed by atoms with Gasteiger partial charge in [-0.05, 0) is 62.7 Å². The van der Waals surface area contributed by atoms with E-state index in [1.54, 1.807) is 0 Å². The molecule has 0 atom stereocenters. The Hall–Kier alpha value is -1.81. The first-order chi connectivity index (χ1) is 9.95. The maximum atomic E-state index is 12.2. The molecule has 0 unspecified atom stereocenters. The number of amides is 1. The largest absolute Gasteiger partial charge is 0.491 e. The molecular weight excluding hydrogens is 330 g/mol. The predicted molar refractivity (Wildman–Crippen MR) is 89.0 cm³/mol. The van der Waals surface area contributed by atoms with E-state index >= 15 is 0 Å². The maximum Gasteiger partial charge on any atom is 0.255 e. The van der Waals surface area contributed by atoms with Crippen LogP contribution in [0, 0.1) is 6.92 Å². The number of anilines is 1. The summed E-state index contributed by atoms with van der Waals surface area (Å²) in [6.07, 6.45) is 0.135. The van der Waals surface area contributed by atoms with E-state index in [9.17, 15) is 4.79 Å². The van der Waals surface area contributed by atoms with Crippen LogP contribution < -0.4 is 10.1 Å². The van der Waals surface area contributed by atoms with Gasteiger partial charge in [0.1, 0.15) is 5.75 Å². The van der Waals surface area contributed by atoms with Gasteiger partial charge in [-0.1, -0.05) is 22.0 Å². The molecule has 1 N–H and O–H groups in total. The molecule has 2 aromatic carbocycles. The SMILES string of the molecule is Cc1ccc(C(=O)Nc2ccc(OC(C)C)cc2)cc1Br. The summed E-state index contributed by atoms with van der Waals surface area (Å²) in [7, 11) is 0. The molecule has 3 nitrogen and oxygen atoms in total.